The van der Waals surface area contributed by atoms with Gasteiger partial charge in [0.2, 0.25) is 0 Å². The molecular weight excluding hydrogens is 372 g/mol. The van der Waals surface area contributed by atoms with E-state index in [1.54, 1.807) is 31.2 Å². The smallest absolute Gasteiger partial charge is 0.269 e. The first-order valence-electron chi connectivity index (χ1n) is 7.96. The van der Waals surface area contributed by atoms with Crippen LogP contribution in [0.2, 0.25) is 5.02 Å². The summed E-state index contributed by atoms with van der Waals surface area (Å²) < 4.78 is 5.09. The molecule has 0 saturated heterocycles. The molecule has 0 bridgehead atoms. The van der Waals surface area contributed by atoms with Crippen molar-refractivity contribution in [2.45, 2.75) is 6.92 Å². The van der Waals surface area contributed by atoms with Gasteiger partial charge in [0.1, 0.15) is 28.7 Å². The third kappa shape index (κ3) is 4.32. The molecule has 0 aliphatic heterocycles. The highest BCUT2D eigenvalue weighted by atomic mass is 35.5. The number of carbonyl (C=O) groups is 1. The quantitative estimate of drug-likeness (QED) is 0.294. The monoisotopic (exact) mass is 390 g/mol. The summed E-state index contributed by atoms with van der Waals surface area (Å²) in [5, 5.41) is 41.0. The number of halogens is 1. The van der Waals surface area contributed by atoms with Crippen molar-refractivity contribution >= 4 is 34.6 Å². The van der Waals surface area contributed by atoms with Gasteiger partial charge in [-0.25, -0.2) is 0 Å². The van der Waals surface area contributed by atoms with E-state index in [1.165, 1.54) is 7.11 Å². The van der Waals surface area contributed by atoms with Crippen molar-refractivity contribution in [1.82, 2.24) is 5.32 Å². The number of phenols is 2. The van der Waals surface area contributed by atoms with Crippen LogP contribution in [0.15, 0.2) is 36.4 Å². The summed E-state index contributed by atoms with van der Waals surface area (Å²) in [6.07, 6.45) is 0. The summed E-state index contributed by atoms with van der Waals surface area (Å²) in [4.78, 5) is 12.2. The number of nitrogens with one attached hydrogen (secondary N) is 2. The Bertz CT molecular complexity index is 907. The van der Waals surface area contributed by atoms with Crippen LogP contribution in [-0.4, -0.2) is 40.6 Å². The standard InChI is InChI=1S/C19H19ClN2O5/c1-3-22-19(26)17(21)16(10-4-6-11(27-2)7-5-10)18(25)12-8-13(20)15(24)9-14(12)23/h4-9,21,23-25H,3H2,1-2H3,(H,22,26)/b18-16-,21-17?. The second kappa shape index (κ2) is 8.46. The maximum absolute atomic E-state index is 12.2. The molecule has 0 unspecified atom stereocenters. The van der Waals surface area contributed by atoms with Crippen LogP contribution in [0.4, 0.5) is 0 Å². The van der Waals surface area contributed by atoms with Crippen molar-refractivity contribution in [3.63, 3.8) is 0 Å². The Morgan fingerprint density at radius 3 is 2.37 bits per heavy atom. The first-order valence-corrected chi connectivity index (χ1v) is 8.34. The molecule has 0 heterocycles. The predicted molar refractivity (Wildman–Crippen MR) is 104 cm³/mol. The van der Waals surface area contributed by atoms with Crippen molar-refractivity contribution in [3.8, 4) is 17.2 Å². The van der Waals surface area contributed by atoms with Crippen molar-refractivity contribution in [3.05, 3.63) is 52.5 Å². The van der Waals surface area contributed by atoms with Gasteiger partial charge in [0.05, 0.1) is 23.3 Å². The molecule has 0 aliphatic carbocycles. The number of ether oxygens (including phenoxy) is 1. The third-order valence-corrected chi connectivity index (χ3v) is 4.05. The number of rotatable bonds is 6. The summed E-state index contributed by atoms with van der Waals surface area (Å²) in [6, 6.07) is 8.47. The number of phenolic OH excluding ortho intramolecular Hbond substituents is 2. The molecule has 142 valence electrons. The Morgan fingerprint density at radius 1 is 1.19 bits per heavy atom. The van der Waals surface area contributed by atoms with Gasteiger partial charge >= 0.3 is 0 Å². The molecule has 0 saturated carbocycles. The maximum atomic E-state index is 12.2. The molecule has 0 fully saturated rings. The summed E-state index contributed by atoms with van der Waals surface area (Å²) >= 11 is 5.87. The summed E-state index contributed by atoms with van der Waals surface area (Å²) in [5.74, 6) is -1.49. The lowest BCUT2D eigenvalue weighted by molar-refractivity contribution is -0.114. The van der Waals surface area contributed by atoms with Crippen molar-refractivity contribution in [2.75, 3.05) is 13.7 Å². The predicted octanol–water partition coefficient (Wildman–Crippen LogP) is 3.34. The zero-order valence-corrected chi connectivity index (χ0v) is 15.5. The number of carbonyl (C=O) groups excluding carboxylic acids is 1. The highest BCUT2D eigenvalue weighted by Gasteiger charge is 2.23. The van der Waals surface area contributed by atoms with E-state index in [1.807, 2.05) is 0 Å². The highest BCUT2D eigenvalue weighted by Crippen LogP contribution is 2.37. The van der Waals surface area contributed by atoms with E-state index in [9.17, 15) is 20.1 Å². The SMILES string of the molecule is CCNC(=O)C(=N)/C(=C(\O)c1cc(Cl)c(O)cc1O)c1ccc(OC)cc1. The highest BCUT2D eigenvalue weighted by molar-refractivity contribution is 6.56. The van der Waals surface area contributed by atoms with Gasteiger partial charge in [0.15, 0.2) is 0 Å². The van der Waals surface area contributed by atoms with Crippen LogP contribution in [0.25, 0.3) is 11.3 Å². The number of hydrogen-bond donors (Lipinski definition) is 5. The third-order valence-electron chi connectivity index (χ3n) is 3.75. The first kappa shape index (κ1) is 20.1. The van der Waals surface area contributed by atoms with Crippen molar-refractivity contribution in [1.29, 1.82) is 5.41 Å². The average Bonchev–Trinajstić information content (AvgIpc) is 2.65. The molecule has 7 nitrogen and oxygen atoms in total. The molecule has 1 amide bonds. The maximum Gasteiger partial charge on any atom is 0.269 e. The molecule has 0 radical (unpaired) electrons. The van der Waals surface area contributed by atoms with Crippen LogP contribution < -0.4 is 10.1 Å². The van der Waals surface area contributed by atoms with Gasteiger partial charge in [-0.05, 0) is 30.7 Å². The zero-order valence-electron chi connectivity index (χ0n) is 14.7. The number of aromatic hydroxyl groups is 2. The lowest BCUT2D eigenvalue weighted by Crippen LogP contribution is -2.31. The van der Waals surface area contributed by atoms with Gasteiger partial charge in [-0.1, -0.05) is 23.7 Å². The first-order chi connectivity index (χ1) is 12.8. The molecule has 2 aromatic carbocycles. The van der Waals surface area contributed by atoms with Crippen molar-refractivity contribution < 1.29 is 24.9 Å². The molecule has 2 aromatic rings. The Hall–Kier alpha value is -3.19. The minimum absolute atomic E-state index is 0.104. The van der Waals surface area contributed by atoms with Crippen LogP contribution in [0.1, 0.15) is 18.1 Å². The van der Waals surface area contributed by atoms with E-state index in [2.05, 4.69) is 5.32 Å². The number of aliphatic hydroxyl groups is 1. The number of benzene rings is 2. The fraction of sp³-hybridized carbons (Fsp3) is 0.158. The molecule has 0 spiro atoms. The van der Waals surface area contributed by atoms with Gasteiger partial charge in [0.25, 0.3) is 5.91 Å². The summed E-state index contributed by atoms with van der Waals surface area (Å²) in [6.45, 7) is 2.00. The number of amides is 1. The van der Waals surface area contributed by atoms with Crippen LogP contribution in [-0.2, 0) is 4.79 Å². The zero-order chi connectivity index (χ0) is 20.1. The lowest BCUT2D eigenvalue weighted by Gasteiger charge is -2.14. The largest absolute Gasteiger partial charge is 0.507 e. The van der Waals surface area contributed by atoms with E-state index >= 15 is 0 Å². The molecule has 8 heteroatoms. The van der Waals surface area contributed by atoms with Gasteiger partial charge in [0, 0.05) is 12.6 Å². The number of methoxy groups -OCH3 is 1. The molecule has 0 aromatic heterocycles. The van der Waals surface area contributed by atoms with E-state index < -0.39 is 23.1 Å². The van der Waals surface area contributed by atoms with Crippen LogP contribution >= 0.6 is 11.6 Å². The fourth-order valence-electron chi connectivity index (χ4n) is 2.39. The van der Waals surface area contributed by atoms with E-state index in [4.69, 9.17) is 21.7 Å². The normalized spacial score (nSPS) is 11.5. The Morgan fingerprint density at radius 2 is 1.81 bits per heavy atom. The van der Waals surface area contributed by atoms with E-state index in [0.717, 1.165) is 12.1 Å². The second-order valence-electron chi connectivity index (χ2n) is 5.51. The fourth-order valence-corrected chi connectivity index (χ4v) is 2.56. The van der Waals surface area contributed by atoms with Gasteiger partial charge in [-0.3, -0.25) is 10.2 Å². The van der Waals surface area contributed by atoms with E-state index in [0.29, 0.717) is 17.9 Å². The Kier molecular flexibility index (Phi) is 6.31. The minimum Gasteiger partial charge on any atom is -0.507 e. The average molecular weight is 391 g/mol. The number of hydrogen-bond acceptors (Lipinski definition) is 6. The molecule has 2 rings (SSSR count). The molecule has 0 atom stereocenters. The Balaban J connectivity index is 2.69. The second-order valence-corrected chi connectivity index (χ2v) is 5.91. The van der Waals surface area contributed by atoms with Gasteiger partial charge < -0.3 is 25.4 Å². The topological polar surface area (TPSA) is 123 Å². The summed E-state index contributed by atoms with van der Waals surface area (Å²) in [7, 11) is 1.50. The lowest BCUT2D eigenvalue weighted by atomic mass is 9.95. The summed E-state index contributed by atoms with van der Waals surface area (Å²) in [5.41, 5.74) is -0.380. The van der Waals surface area contributed by atoms with Crippen LogP contribution in [0.3, 0.4) is 0 Å². The number of aliphatic hydroxyl groups excluding tert-OH is 1. The van der Waals surface area contributed by atoms with Crippen LogP contribution in [0.5, 0.6) is 17.2 Å². The molecule has 5 N–H and O–H groups in total. The van der Waals surface area contributed by atoms with Crippen molar-refractivity contribution in [2.24, 2.45) is 0 Å². The van der Waals surface area contributed by atoms with Crippen LogP contribution in [0, 0.1) is 5.41 Å². The molecule has 27 heavy (non-hydrogen) atoms. The van der Waals surface area contributed by atoms with Gasteiger partial charge in [-0.2, -0.15) is 0 Å². The molecular formula is C19H19ClN2O5. The Labute approximate surface area is 161 Å². The minimum atomic E-state index is -0.695. The molecule has 0 aliphatic rings. The van der Waals surface area contributed by atoms with Gasteiger partial charge in [-0.15, -0.1) is 0 Å². The van der Waals surface area contributed by atoms with E-state index in [-0.39, 0.29) is 21.9 Å².